The predicted molar refractivity (Wildman–Crippen MR) is 59.4 cm³/mol. The number of hydrogen-bond acceptors (Lipinski definition) is 2. The van der Waals surface area contributed by atoms with Gasteiger partial charge in [-0.2, -0.15) is 0 Å². The van der Waals surface area contributed by atoms with Gasteiger partial charge in [-0.25, -0.2) is 0 Å². The van der Waals surface area contributed by atoms with Gasteiger partial charge in [-0.05, 0) is 12.5 Å². The van der Waals surface area contributed by atoms with Gasteiger partial charge in [0.25, 0.3) is 0 Å². The van der Waals surface area contributed by atoms with E-state index in [9.17, 15) is 9.90 Å². The minimum absolute atomic E-state index is 0.0406. The van der Waals surface area contributed by atoms with Gasteiger partial charge in [0, 0.05) is 13.0 Å². The average Bonchev–Trinajstić information content (AvgIpc) is 2.26. The first-order valence-corrected chi connectivity index (χ1v) is 5.14. The Morgan fingerprint density at radius 3 is 2.53 bits per heavy atom. The molecule has 1 aromatic rings. The summed E-state index contributed by atoms with van der Waals surface area (Å²) in [6.45, 7) is 4.05. The minimum Gasteiger partial charge on any atom is -0.387 e. The van der Waals surface area contributed by atoms with Crippen LogP contribution in [0.2, 0.25) is 0 Å². The average molecular weight is 207 g/mol. The van der Waals surface area contributed by atoms with Crippen LogP contribution in [0, 0.1) is 6.92 Å². The van der Waals surface area contributed by atoms with Gasteiger partial charge in [-0.3, -0.25) is 4.79 Å². The molecule has 0 aliphatic carbocycles. The number of rotatable bonds is 4. The maximum absolute atomic E-state index is 11.0. The second kappa shape index (κ2) is 5.51. The number of amides is 1. The van der Waals surface area contributed by atoms with Gasteiger partial charge in [0.1, 0.15) is 0 Å². The van der Waals surface area contributed by atoms with Crippen molar-refractivity contribution >= 4 is 5.91 Å². The van der Waals surface area contributed by atoms with Crippen molar-refractivity contribution in [3.05, 3.63) is 35.4 Å². The fourth-order valence-corrected chi connectivity index (χ4v) is 1.24. The van der Waals surface area contributed by atoms with Crippen molar-refractivity contribution in [2.45, 2.75) is 26.4 Å². The molecule has 0 fully saturated rings. The van der Waals surface area contributed by atoms with Crippen molar-refractivity contribution in [3.8, 4) is 0 Å². The molecule has 3 nitrogen and oxygen atoms in total. The molecular formula is C12H17NO2. The van der Waals surface area contributed by atoms with Gasteiger partial charge in [0.05, 0.1) is 6.10 Å². The van der Waals surface area contributed by atoms with E-state index in [2.05, 4.69) is 5.32 Å². The zero-order chi connectivity index (χ0) is 11.3. The Balaban J connectivity index is 2.50. The van der Waals surface area contributed by atoms with Crippen LogP contribution in [0.15, 0.2) is 24.3 Å². The van der Waals surface area contributed by atoms with Crippen molar-refractivity contribution in [2.75, 3.05) is 6.54 Å². The van der Waals surface area contributed by atoms with E-state index < -0.39 is 6.10 Å². The number of carbonyl (C=O) groups excluding carboxylic acids is 1. The number of aryl methyl sites for hydroxylation is 1. The van der Waals surface area contributed by atoms with Gasteiger partial charge in [-0.1, -0.05) is 36.8 Å². The molecule has 3 heteroatoms. The van der Waals surface area contributed by atoms with Crippen LogP contribution in [0.5, 0.6) is 0 Å². The summed E-state index contributed by atoms with van der Waals surface area (Å²) >= 11 is 0. The third-order valence-electron chi connectivity index (χ3n) is 2.28. The Bertz CT molecular complexity index is 319. The number of aliphatic hydroxyl groups is 1. The first-order chi connectivity index (χ1) is 7.13. The number of benzene rings is 1. The smallest absolute Gasteiger partial charge is 0.219 e. The lowest BCUT2D eigenvalue weighted by Gasteiger charge is -2.11. The van der Waals surface area contributed by atoms with Crippen LogP contribution in [0.25, 0.3) is 0 Å². The molecule has 15 heavy (non-hydrogen) atoms. The van der Waals surface area contributed by atoms with Crippen molar-refractivity contribution in [1.29, 1.82) is 0 Å². The van der Waals surface area contributed by atoms with Crippen molar-refractivity contribution < 1.29 is 9.90 Å². The Hall–Kier alpha value is -1.35. The van der Waals surface area contributed by atoms with E-state index in [4.69, 9.17) is 0 Å². The van der Waals surface area contributed by atoms with Crippen molar-refractivity contribution in [3.63, 3.8) is 0 Å². The van der Waals surface area contributed by atoms with Crippen LogP contribution < -0.4 is 5.32 Å². The maximum atomic E-state index is 11.0. The molecule has 0 saturated heterocycles. The van der Waals surface area contributed by atoms with Crippen LogP contribution in [-0.2, 0) is 4.79 Å². The first kappa shape index (κ1) is 11.7. The third-order valence-corrected chi connectivity index (χ3v) is 2.28. The van der Waals surface area contributed by atoms with Crippen molar-refractivity contribution in [2.24, 2.45) is 0 Å². The molecule has 0 heterocycles. The molecule has 0 aliphatic heterocycles. The molecule has 82 valence electrons. The molecule has 0 spiro atoms. The summed E-state index contributed by atoms with van der Waals surface area (Å²) in [7, 11) is 0. The lowest BCUT2D eigenvalue weighted by Crippen LogP contribution is -2.27. The molecular weight excluding hydrogens is 190 g/mol. The normalized spacial score (nSPS) is 12.2. The van der Waals surface area contributed by atoms with Gasteiger partial charge < -0.3 is 10.4 Å². The number of nitrogens with one attached hydrogen (secondary N) is 1. The second-order valence-electron chi connectivity index (χ2n) is 3.58. The van der Waals surface area contributed by atoms with Crippen LogP contribution >= 0.6 is 0 Å². The lowest BCUT2D eigenvalue weighted by molar-refractivity contribution is -0.121. The van der Waals surface area contributed by atoms with E-state index in [-0.39, 0.29) is 12.5 Å². The molecule has 1 aromatic carbocycles. The highest BCUT2D eigenvalue weighted by molar-refractivity contribution is 5.75. The molecule has 1 amide bonds. The van der Waals surface area contributed by atoms with Gasteiger partial charge in [0.15, 0.2) is 0 Å². The zero-order valence-corrected chi connectivity index (χ0v) is 9.16. The number of aliphatic hydroxyl groups excluding tert-OH is 1. The Labute approximate surface area is 90.1 Å². The first-order valence-electron chi connectivity index (χ1n) is 5.14. The zero-order valence-electron chi connectivity index (χ0n) is 9.16. The summed E-state index contributed by atoms with van der Waals surface area (Å²) in [5, 5.41) is 12.4. The Morgan fingerprint density at radius 1 is 1.40 bits per heavy atom. The topological polar surface area (TPSA) is 49.3 Å². The third kappa shape index (κ3) is 3.72. The fraction of sp³-hybridized carbons (Fsp3) is 0.417. The SMILES string of the molecule is CCC(=O)NCC(O)c1ccc(C)cc1. The second-order valence-corrected chi connectivity index (χ2v) is 3.58. The molecule has 0 saturated carbocycles. The van der Waals surface area contributed by atoms with E-state index in [1.165, 1.54) is 0 Å². The van der Waals surface area contributed by atoms with Gasteiger partial charge in [-0.15, -0.1) is 0 Å². The van der Waals surface area contributed by atoms with E-state index in [1.807, 2.05) is 31.2 Å². The quantitative estimate of drug-likeness (QED) is 0.787. The van der Waals surface area contributed by atoms with Crippen LogP contribution in [0.3, 0.4) is 0 Å². The van der Waals surface area contributed by atoms with Gasteiger partial charge in [0.2, 0.25) is 5.91 Å². The maximum Gasteiger partial charge on any atom is 0.219 e. The molecule has 0 aromatic heterocycles. The summed E-state index contributed by atoms with van der Waals surface area (Å²) in [5.41, 5.74) is 1.99. The predicted octanol–water partition coefficient (Wildman–Crippen LogP) is 1.55. The van der Waals surface area contributed by atoms with E-state index in [0.717, 1.165) is 11.1 Å². The van der Waals surface area contributed by atoms with Crippen LogP contribution in [-0.4, -0.2) is 17.6 Å². The molecule has 0 bridgehead atoms. The highest BCUT2D eigenvalue weighted by atomic mass is 16.3. The number of hydrogen-bond donors (Lipinski definition) is 2. The van der Waals surface area contributed by atoms with Crippen LogP contribution in [0.4, 0.5) is 0 Å². The molecule has 0 radical (unpaired) electrons. The largest absolute Gasteiger partial charge is 0.387 e. The van der Waals surface area contributed by atoms with Crippen molar-refractivity contribution in [1.82, 2.24) is 5.32 Å². The Kier molecular flexibility index (Phi) is 4.31. The lowest BCUT2D eigenvalue weighted by atomic mass is 10.1. The summed E-state index contributed by atoms with van der Waals surface area (Å²) in [6.07, 6.45) is -0.179. The molecule has 1 unspecified atom stereocenters. The molecule has 1 rings (SSSR count). The molecule has 0 aliphatic rings. The van der Waals surface area contributed by atoms with E-state index in [1.54, 1.807) is 6.92 Å². The fourth-order valence-electron chi connectivity index (χ4n) is 1.24. The minimum atomic E-state index is -0.624. The highest BCUT2D eigenvalue weighted by Crippen LogP contribution is 2.12. The molecule has 2 N–H and O–H groups in total. The van der Waals surface area contributed by atoms with E-state index in [0.29, 0.717) is 6.42 Å². The van der Waals surface area contributed by atoms with Gasteiger partial charge >= 0.3 is 0 Å². The standard InChI is InChI=1S/C12H17NO2/c1-3-12(15)13-8-11(14)10-6-4-9(2)5-7-10/h4-7,11,14H,3,8H2,1-2H3,(H,13,15). The summed E-state index contributed by atoms with van der Waals surface area (Å²) in [5.74, 6) is -0.0406. The summed E-state index contributed by atoms with van der Waals surface area (Å²) in [4.78, 5) is 11.0. The Morgan fingerprint density at radius 2 is 2.00 bits per heavy atom. The van der Waals surface area contributed by atoms with E-state index >= 15 is 0 Å². The summed E-state index contributed by atoms with van der Waals surface area (Å²) < 4.78 is 0. The summed E-state index contributed by atoms with van der Waals surface area (Å²) in [6, 6.07) is 7.64. The number of carbonyl (C=O) groups is 1. The highest BCUT2D eigenvalue weighted by Gasteiger charge is 2.07. The monoisotopic (exact) mass is 207 g/mol. The van der Waals surface area contributed by atoms with Crippen LogP contribution in [0.1, 0.15) is 30.6 Å². The molecule has 1 atom stereocenters.